The number of amides is 1. The lowest BCUT2D eigenvalue weighted by atomic mass is 10.2. The second kappa shape index (κ2) is 6.66. The number of methoxy groups -OCH3 is 1. The summed E-state index contributed by atoms with van der Waals surface area (Å²) >= 11 is 0. The molecule has 6 nitrogen and oxygen atoms in total. The SMILES string of the molecule is C=CNP(=O)(NC=C)NC(=O)c1ccc(OC)cc1. The van der Waals surface area contributed by atoms with E-state index in [-0.39, 0.29) is 0 Å². The first-order chi connectivity index (χ1) is 9.04. The van der Waals surface area contributed by atoms with E-state index in [1.807, 2.05) is 0 Å². The molecule has 0 bridgehead atoms. The largest absolute Gasteiger partial charge is 0.497 e. The van der Waals surface area contributed by atoms with E-state index in [4.69, 9.17) is 4.74 Å². The molecule has 19 heavy (non-hydrogen) atoms. The van der Waals surface area contributed by atoms with Crippen LogP contribution >= 0.6 is 7.59 Å². The molecular formula is C12H16N3O3P. The Kier molecular flexibility index (Phi) is 5.21. The Morgan fingerprint density at radius 3 is 2.16 bits per heavy atom. The van der Waals surface area contributed by atoms with Gasteiger partial charge in [0, 0.05) is 5.56 Å². The van der Waals surface area contributed by atoms with Crippen LogP contribution in [0.5, 0.6) is 5.75 Å². The van der Waals surface area contributed by atoms with E-state index in [1.54, 1.807) is 24.3 Å². The van der Waals surface area contributed by atoms with Gasteiger partial charge in [0.15, 0.2) is 0 Å². The van der Waals surface area contributed by atoms with Crippen molar-refractivity contribution in [2.45, 2.75) is 0 Å². The highest BCUT2D eigenvalue weighted by Gasteiger charge is 2.22. The Morgan fingerprint density at radius 2 is 1.74 bits per heavy atom. The minimum Gasteiger partial charge on any atom is -0.497 e. The van der Waals surface area contributed by atoms with Crippen LogP contribution in [0.3, 0.4) is 0 Å². The molecule has 0 unspecified atom stereocenters. The first-order valence-corrected chi connectivity index (χ1v) is 7.09. The summed E-state index contributed by atoms with van der Waals surface area (Å²) in [5.41, 5.74) is 0.359. The summed E-state index contributed by atoms with van der Waals surface area (Å²) in [5, 5.41) is 7.29. The lowest BCUT2D eigenvalue weighted by molar-refractivity contribution is 0.0980. The second-order valence-corrected chi connectivity index (χ2v) is 5.40. The molecule has 0 spiro atoms. The maximum atomic E-state index is 12.2. The van der Waals surface area contributed by atoms with Crippen molar-refractivity contribution in [1.82, 2.24) is 15.3 Å². The van der Waals surface area contributed by atoms with Crippen LogP contribution in [0.4, 0.5) is 0 Å². The van der Waals surface area contributed by atoms with Gasteiger partial charge in [0.2, 0.25) is 0 Å². The fourth-order valence-corrected chi connectivity index (χ4v) is 2.44. The van der Waals surface area contributed by atoms with Crippen LogP contribution in [0.1, 0.15) is 10.4 Å². The van der Waals surface area contributed by atoms with Crippen molar-refractivity contribution in [2.75, 3.05) is 7.11 Å². The van der Waals surface area contributed by atoms with Crippen molar-refractivity contribution in [1.29, 1.82) is 0 Å². The molecule has 0 saturated carbocycles. The van der Waals surface area contributed by atoms with Crippen molar-refractivity contribution >= 4 is 13.5 Å². The Labute approximate surface area is 112 Å². The molecule has 0 aromatic heterocycles. The Bertz CT molecular complexity index is 499. The molecule has 0 fully saturated rings. The minimum absolute atomic E-state index is 0.359. The molecule has 0 heterocycles. The topological polar surface area (TPSA) is 79.5 Å². The van der Waals surface area contributed by atoms with Crippen molar-refractivity contribution in [3.05, 3.63) is 55.4 Å². The number of nitrogens with one attached hydrogen (secondary N) is 3. The molecule has 1 rings (SSSR count). The highest BCUT2D eigenvalue weighted by atomic mass is 31.2. The highest BCUT2D eigenvalue weighted by Crippen LogP contribution is 2.30. The number of hydrogen-bond donors (Lipinski definition) is 3. The molecule has 0 radical (unpaired) electrons. The third-order valence-corrected chi connectivity index (χ3v) is 3.77. The van der Waals surface area contributed by atoms with Gasteiger partial charge in [-0.1, -0.05) is 13.2 Å². The lowest BCUT2D eigenvalue weighted by Gasteiger charge is -2.18. The first-order valence-electron chi connectivity index (χ1n) is 5.39. The van der Waals surface area contributed by atoms with Crippen molar-refractivity contribution in [3.63, 3.8) is 0 Å². The molecule has 0 atom stereocenters. The monoisotopic (exact) mass is 281 g/mol. The zero-order valence-corrected chi connectivity index (χ0v) is 11.4. The van der Waals surface area contributed by atoms with Gasteiger partial charge in [0.1, 0.15) is 5.75 Å². The van der Waals surface area contributed by atoms with Crippen LogP contribution in [0, 0.1) is 0 Å². The number of carbonyl (C=O) groups excluding carboxylic acids is 1. The summed E-state index contributed by atoms with van der Waals surface area (Å²) in [4.78, 5) is 11.9. The predicted molar refractivity (Wildman–Crippen MR) is 74.7 cm³/mol. The Hall–Kier alpha value is -2.20. The third kappa shape index (κ3) is 4.19. The van der Waals surface area contributed by atoms with Gasteiger partial charge in [0.05, 0.1) is 7.11 Å². The smallest absolute Gasteiger partial charge is 0.354 e. The maximum Gasteiger partial charge on any atom is 0.354 e. The molecule has 1 aromatic rings. The summed E-state index contributed by atoms with van der Waals surface area (Å²) < 4.78 is 17.2. The fraction of sp³-hybridized carbons (Fsp3) is 0.0833. The Balaban J connectivity index is 2.83. The van der Waals surface area contributed by atoms with E-state index in [0.717, 1.165) is 0 Å². The normalized spacial score (nSPS) is 10.2. The number of carbonyl (C=O) groups is 1. The Morgan fingerprint density at radius 1 is 1.21 bits per heavy atom. The molecule has 0 aliphatic carbocycles. The summed E-state index contributed by atoms with van der Waals surface area (Å²) in [5.74, 6) is 0.142. The summed E-state index contributed by atoms with van der Waals surface area (Å²) in [6.45, 7) is 6.81. The molecule has 0 saturated heterocycles. The quantitative estimate of drug-likeness (QED) is 0.666. The van der Waals surface area contributed by atoms with Gasteiger partial charge >= 0.3 is 7.59 Å². The van der Waals surface area contributed by atoms with Gasteiger partial charge in [-0.25, -0.2) is 0 Å². The van der Waals surface area contributed by atoms with E-state index in [1.165, 1.54) is 19.5 Å². The van der Waals surface area contributed by atoms with Gasteiger partial charge in [-0.15, -0.1) is 0 Å². The van der Waals surface area contributed by atoms with Gasteiger partial charge in [-0.05, 0) is 36.7 Å². The molecular weight excluding hydrogens is 265 g/mol. The molecule has 102 valence electrons. The van der Waals surface area contributed by atoms with E-state index in [0.29, 0.717) is 11.3 Å². The van der Waals surface area contributed by atoms with Crippen LogP contribution in [0.2, 0.25) is 0 Å². The van der Waals surface area contributed by atoms with Crippen LogP contribution in [0.25, 0.3) is 0 Å². The molecule has 1 aromatic carbocycles. The zero-order valence-electron chi connectivity index (χ0n) is 10.6. The van der Waals surface area contributed by atoms with Gasteiger partial charge in [-0.2, -0.15) is 0 Å². The van der Waals surface area contributed by atoms with Crippen LogP contribution < -0.4 is 20.0 Å². The standard InChI is InChI=1S/C12H16N3O3P/c1-4-13-19(17,14-5-2)15-12(16)10-6-8-11(18-3)9-7-10/h4-9H,1-2H2,3H3,(H3,13,14,15,16,17). The van der Waals surface area contributed by atoms with Gasteiger partial charge < -0.3 is 14.9 Å². The van der Waals surface area contributed by atoms with Crippen molar-refractivity contribution in [3.8, 4) is 5.75 Å². The molecule has 1 amide bonds. The van der Waals surface area contributed by atoms with Crippen LogP contribution in [-0.4, -0.2) is 13.0 Å². The molecule has 7 heteroatoms. The second-order valence-electron chi connectivity index (χ2n) is 3.45. The highest BCUT2D eigenvalue weighted by molar-refractivity contribution is 7.58. The molecule has 3 N–H and O–H groups in total. The van der Waals surface area contributed by atoms with E-state index < -0.39 is 13.5 Å². The number of benzene rings is 1. The van der Waals surface area contributed by atoms with Crippen LogP contribution in [0.15, 0.2) is 49.8 Å². The summed E-state index contributed by atoms with van der Waals surface area (Å²) in [7, 11) is -1.79. The van der Waals surface area contributed by atoms with E-state index >= 15 is 0 Å². The van der Waals surface area contributed by atoms with Gasteiger partial charge in [-0.3, -0.25) is 14.4 Å². The molecule has 0 aliphatic heterocycles. The predicted octanol–water partition coefficient (Wildman–Crippen LogP) is 2.00. The number of rotatable bonds is 7. The third-order valence-electron chi connectivity index (χ3n) is 2.16. The molecule has 0 aliphatic rings. The lowest BCUT2D eigenvalue weighted by Crippen LogP contribution is -2.31. The van der Waals surface area contributed by atoms with Crippen molar-refractivity contribution in [2.24, 2.45) is 0 Å². The van der Waals surface area contributed by atoms with E-state index in [2.05, 4.69) is 28.4 Å². The first kappa shape index (κ1) is 14.9. The van der Waals surface area contributed by atoms with Crippen LogP contribution in [-0.2, 0) is 4.57 Å². The summed E-state index contributed by atoms with van der Waals surface area (Å²) in [6, 6.07) is 6.42. The van der Waals surface area contributed by atoms with Crippen molar-refractivity contribution < 1.29 is 14.1 Å². The summed E-state index contributed by atoms with van der Waals surface area (Å²) in [6.07, 6.45) is 2.46. The minimum atomic E-state index is -3.33. The van der Waals surface area contributed by atoms with E-state index in [9.17, 15) is 9.36 Å². The maximum absolute atomic E-state index is 12.2. The average molecular weight is 281 g/mol. The average Bonchev–Trinajstić information content (AvgIpc) is 2.39. The fourth-order valence-electron chi connectivity index (χ4n) is 1.31. The number of ether oxygens (including phenoxy) is 1. The number of hydrogen-bond acceptors (Lipinski definition) is 3. The zero-order chi connectivity index (χ0) is 14.3. The van der Waals surface area contributed by atoms with Gasteiger partial charge in [0.25, 0.3) is 5.91 Å².